The van der Waals surface area contributed by atoms with Gasteiger partial charge in [0.2, 0.25) is 5.91 Å². The number of carbonyl (C=O) groups excluding carboxylic acids is 1. The highest BCUT2D eigenvalue weighted by molar-refractivity contribution is 5.77. The number of carbonyl (C=O) groups is 1. The van der Waals surface area contributed by atoms with Crippen LogP contribution in [0.2, 0.25) is 0 Å². The summed E-state index contributed by atoms with van der Waals surface area (Å²) in [5.41, 5.74) is 0. The zero-order valence-corrected chi connectivity index (χ0v) is 10.3. The standard InChI is InChI=1S/C12H24N2O2/c1-4-7-13-9-12(16)14-8-11(15)10(5-2)6-3/h4,10-11,13,15H,1,5-9H2,2-3H3,(H,14,16). The van der Waals surface area contributed by atoms with Crippen LogP contribution in [0, 0.1) is 5.92 Å². The molecule has 3 N–H and O–H groups in total. The predicted molar refractivity (Wildman–Crippen MR) is 66.2 cm³/mol. The number of aliphatic hydroxyl groups is 1. The van der Waals surface area contributed by atoms with Gasteiger partial charge in [-0.05, 0) is 5.92 Å². The molecule has 0 aliphatic carbocycles. The predicted octanol–water partition coefficient (Wildman–Crippen LogP) is 0.675. The van der Waals surface area contributed by atoms with Crippen LogP contribution in [-0.4, -0.2) is 36.8 Å². The van der Waals surface area contributed by atoms with Crippen LogP contribution in [0.4, 0.5) is 0 Å². The minimum absolute atomic E-state index is 0.0909. The maximum absolute atomic E-state index is 11.3. The summed E-state index contributed by atoms with van der Waals surface area (Å²) in [7, 11) is 0. The Labute approximate surface area is 98.1 Å². The fourth-order valence-electron chi connectivity index (χ4n) is 1.57. The number of hydrogen-bond donors (Lipinski definition) is 3. The van der Waals surface area contributed by atoms with Gasteiger partial charge in [0.15, 0.2) is 0 Å². The topological polar surface area (TPSA) is 61.4 Å². The van der Waals surface area contributed by atoms with Crippen LogP contribution < -0.4 is 10.6 Å². The van der Waals surface area contributed by atoms with Crippen molar-refractivity contribution in [2.75, 3.05) is 19.6 Å². The molecule has 0 aromatic carbocycles. The van der Waals surface area contributed by atoms with Crippen molar-refractivity contribution < 1.29 is 9.90 Å². The van der Waals surface area contributed by atoms with E-state index < -0.39 is 6.10 Å². The van der Waals surface area contributed by atoms with Crippen LogP contribution in [0.15, 0.2) is 12.7 Å². The molecular weight excluding hydrogens is 204 g/mol. The zero-order chi connectivity index (χ0) is 12.4. The van der Waals surface area contributed by atoms with Gasteiger partial charge in [-0.2, -0.15) is 0 Å². The Balaban J connectivity index is 3.69. The fraction of sp³-hybridized carbons (Fsp3) is 0.750. The Morgan fingerprint density at radius 3 is 2.56 bits per heavy atom. The maximum atomic E-state index is 11.3. The summed E-state index contributed by atoms with van der Waals surface area (Å²) in [6.45, 7) is 8.85. The summed E-state index contributed by atoms with van der Waals surface area (Å²) >= 11 is 0. The molecule has 0 aliphatic rings. The van der Waals surface area contributed by atoms with Crippen LogP contribution in [0.5, 0.6) is 0 Å². The molecule has 4 nitrogen and oxygen atoms in total. The van der Waals surface area contributed by atoms with Crippen LogP contribution in [0.3, 0.4) is 0 Å². The van der Waals surface area contributed by atoms with Crippen LogP contribution in [0.25, 0.3) is 0 Å². The van der Waals surface area contributed by atoms with Crippen LogP contribution >= 0.6 is 0 Å². The van der Waals surface area contributed by atoms with E-state index in [1.807, 2.05) is 13.8 Å². The lowest BCUT2D eigenvalue weighted by Crippen LogP contribution is -2.40. The molecule has 0 fully saturated rings. The highest BCUT2D eigenvalue weighted by Gasteiger charge is 2.15. The quantitative estimate of drug-likeness (QED) is 0.401. The largest absolute Gasteiger partial charge is 0.391 e. The molecule has 16 heavy (non-hydrogen) atoms. The van der Waals surface area contributed by atoms with E-state index in [1.165, 1.54) is 0 Å². The smallest absolute Gasteiger partial charge is 0.234 e. The molecule has 0 rings (SSSR count). The minimum Gasteiger partial charge on any atom is -0.391 e. The van der Waals surface area contributed by atoms with Crippen LogP contribution in [0.1, 0.15) is 26.7 Å². The van der Waals surface area contributed by atoms with Crippen molar-refractivity contribution in [1.82, 2.24) is 10.6 Å². The van der Waals surface area contributed by atoms with Crippen molar-refractivity contribution in [3.8, 4) is 0 Å². The molecule has 0 bridgehead atoms. The molecule has 0 spiro atoms. The number of rotatable bonds is 9. The third-order valence-electron chi connectivity index (χ3n) is 2.68. The molecule has 0 aromatic rings. The maximum Gasteiger partial charge on any atom is 0.234 e. The summed E-state index contributed by atoms with van der Waals surface area (Å²) in [6.07, 6.45) is 3.12. The van der Waals surface area contributed by atoms with Gasteiger partial charge in [0.05, 0.1) is 12.6 Å². The van der Waals surface area contributed by atoms with Crippen molar-refractivity contribution in [2.24, 2.45) is 5.92 Å². The Bertz CT molecular complexity index is 203. The van der Waals surface area contributed by atoms with E-state index in [1.54, 1.807) is 6.08 Å². The van der Waals surface area contributed by atoms with Crippen LogP contribution in [-0.2, 0) is 4.79 Å². The Morgan fingerprint density at radius 2 is 2.06 bits per heavy atom. The molecule has 0 radical (unpaired) electrons. The summed E-state index contributed by atoms with van der Waals surface area (Å²) in [5.74, 6) is 0.174. The van der Waals surface area contributed by atoms with Crippen molar-refractivity contribution in [3.63, 3.8) is 0 Å². The molecule has 4 heteroatoms. The molecule has 0 saturated carbocycles. The van der Waals surface area contributed by atoms with Gasteiger partial charge in [0.1, 0.15) is 0 Å². The summed E-state index contributed by atoms with van der Waals surface area (Å²) < 4.78 is 0. The second kappa shape index (κ2) is 9.36. The van der Waals surface area contributed by atoms with Gasteiger partial charge in [-0.15, -0.1) is 6.58 Å². The molecule has 1 amide bonds. The van der Waals surface area contributed by atoms with Gasteiger partial charge in [-0.3, -0.25) is 4.79 Å². The molecular formula is C12H24N2O2. The molecule has 0 aromatic heterocycles. The molecule has 1 atom stereocenters. The first-order valence-electron chi connectivity index (χ1n) is 5.92. The van der Waals surface area contributed by atoms with E-state index in [0.29, 0.717) is 13.1 Å². The first-order valence-corrected chi connectivity index (χ1v) is 5.92. The lowest BCUT2D eigenvalue weighted by Gasteiger charge is -2.20. The average Bonchev–Trinajstić information content (AvgIpc) is 2.28. The lowest BCUT2D eigenvalue weighted by atomic mass is 9.96. The van der Waals surface area contributed by atoms with Crippen molar-refractivity contribution in [1.29, 1.82) is 0 Å². The van der Waals surface area contributed by atoms with Crippen molar-refractivity contribution >= 4 is 5.91 Å². The molecule has 0 heterocycles. The minimum atomic E-state index is -0.446. The lowest BCUT2D eigenvalue weighted by molar-refractivity contribution is -0.120. The number of aliphatic hydroxyl groups excluding tert-OH is 1. The second-order valence-electron chi connectivity index (χ2n) is 3.87. The van der Waals surface area contributed by atoms with E-state index in [4.69, 9.17) is 0 Å². The van der Waals surface area contributed by atoms with E-state index in [-0.39, 0.29) is 18.4 Å². The van der Waals surface area contributed by atoms with E-state index in [9.17, 15) is 9.90 Å². The summed E-state index contributed by atoms with van der Waals surface area (Å²) in [6, 6.07) is 0. The van der Waals surface area contributed by atoms with Gasteiger partial charge in [-0.1, -0.05) is 32.8 Å². The molecule has 0 saturated heterocycles. The van der Waals surface area contributed by atoms with Gasteiger partial charge >= 0.3 is 0 Å². The van der Waals surface area contributed by atoms with Gasteiger partial charge in [0, 0.05) is 13.1 Å². The van der Waals surface area contributed by atoms with Gasteiger partial charge < -0.3 is 15.7 Å². The number of nitrogens with one attached hydrogen (secondary N) is 2. The molecule has 0 aliphatic heterocycles. The highest BCUT2D eigenvalue weighted by atomic mass is 16.3. The monoisotopic (exact) mass is 228 g/mol. The highest BCUT2D eigenvalue weighted by Crippen LogP contribution is 2.11. The first-order chi connectivity index (χ1) is 7.65. The molecule has 1 unspecified atom stereocenters. The number of hydrogen-bond acceptors (Lipinski definition) is 3. The Kier molecular flexibility index (Phi) is 8.85. The average molecular weight is 228 g/mol. The second-order valence-corrected chi connectivity index (χ2v) is 3.87. The molecule has 94 valence electrons. The summed E-state index contributed by atoms with van der Waals surface area (Å²) in [4.78, 5) is 11.3. The van der Waals surface area contributed by atoms with Gasteiger partial charge in [0.25, 0.3) is 0 Å². The Morgan fingerprint density at radius 1 is 1.44 bits per heavy atom. The van der Waals surface area contributed by atoms with Crippen molar-refractivity contribution in [3.05, 3.63) is 12.7 Å². The third-order valence-corrected chi connectivity index (χ3v) is 2.68. The first kappa shape index (κ1) is 15.1. The Hall–Kier alpha value is -0.870. The fourth-order valence-corrected chi connectivity index (χ4v) is 1.57. The zero-order valence-electron chi connectivity index (χ0n) is 10.3. The van der Waals surface area contributed by atoms with E-state index >= 15 is 0 Å². The summed E-state index contributed by atoms with van der Waals surface area (Å²) in [5, 5.41) is 15.4. The number of amides is 1. The van der Waals surface area contributed by atoms with Crippen molar-refractivity contribution in [2.45, 2.75) is 32.8 Å². The third kappa shape index (κ3) is 6.58. The SMILES string of the molecule is C=CCNCC(=O)NCC(O)C(CC)CC. The van der Waals surface area contributed by atoms with Gasteiger partial charge in [-0.25, -0.2) is 0 Å². The van der Waals surface area contributed by atoms with E-state index in [0.717, 1.165) is 12.8 Å². The van der Waals surface area contributed by atoms with E-state index in [2.05, 4.69) is 17.2 Å². The normalized spacial score (nSPS) is 12.5.